The van der Waals surface area contributed by atoms with Crippen LogP contribution in [0.5, 0.6) is 11.6 Å². The molecule has 16 heteroatoms. The second-order valence-corrected chi connectivity index (χ2v) is 16.6. The number of benzene rings is 1. The summed E-state index contributed by atoms with van der Waals surface area (Å²) in [6.07, 6.45) is 2.91. The van der Waals surface area contributed by atoms with Gasteiger partial charge < -0.3 is 29.7 Å². The van der Waals surface area contributed by atoms with E-state index >= 15 is 0 Å². The number of pyridine rings is 1. The summed E-state index contributed by atoms with van der Waals surface area (Å²) in [5.41, 5.74) is -2.04. The number of likely N-dealkylation sites (tertiary alicyclic amines) is 1. The highest BCUT2D eigenvalue weighted by Crippen LogP contribution is 2.31. The number of hydrogen-bond acceptors (Lipinski definition) is 11. The van der Waals surface area contributed by atoms with Crippen molar-refractivity contribution in [2.24, 2.45) is 0 Å². The number of nitrogens with one attached hydrogen (secondary N) is 3. The fourth-order valence-corrected chi connectivity index (χ4v) is 7.09. The Kier molecular flexibility index (Phi) is 12.6. The molecule has 1 aliphatic heterocycles. The second kappa shape index (κ2) is 16.4. The lowest BCUT2D eigenvalue weighted by Gasteiger charge is -2.32. The van der Waals surface area contributed by atoms with Crippen molar-refractivity contribution in [3.05, 3.63) is 54.8 Å². The Bertz CT molecular complexity index is 1900. The van der Waals surface area contributed by atoms with Gasteiger partial charge in [0.2, 0.25) is 27.7 Å². The molecule has 4 rings (SSSR count). The highest BCUT2D eigenvalue weighted by Gasteiger charge is 2.47. The monoisotopic (exact) mass is 755 g/mol. The van der Waals surface area contributed by atoms with Crippen LogP contribution in [0.15, 0.2) is 54.8 Å². The molecule has 15 nitrogen and oxygen atoms in total. The molecular weight excluding hydrogens is 706 g/mol. The Morgan fingerprint density at radius 1 is 1.09 bits per heavy atom. The number of aromatic nitrogens is 1. The van der Waals surface area contributed by atoms with E-state index in [4.69, 9.17) is 14.2 Å². The van der Waals surface area contributed by atoms with Crippen LogP contribution in [0.25, 0.3) is 10.8 Å². The standard InChI is InChI=1S/C37H49N5O10S/c1-9-37(7,34(46)41-53(48,49)27-13-14-27)40-31(44)30-20-26(51-32-28-19-25(50-8)12-10-23(28)16-17-38-32)21-42(30)33(45)29(15-11-24(43)18-22(2)3)39-35(47)52-36(4,5)6/h9-10,12,16-19,26-27,29-30H,1,11,13-15,20-21H2,2-8H3,(H,39,47)(H,40,44)(H,41,46)/t26-,29+,30+,37-/m1/s1. The SMILES string of the molecule is C=C[C@@](C)(NC(=O)[C@@H]1C[C@@H](Oc2nccc3ccc(OC)cc23)CN1C(=O)[C@H](CCC(=O)C=C(C)C)NC(=O)OC(C)(C)C)C(=O)NS(=O)(=O)C1CC1. The summed E-state index contributed by atoms with van der Waals surface area (Å²) in [7, 11) is -2.44. The van der Waals surface area contributed by atoms with E-state index in [1.54, 1.807) is 59.0 Å². The molecule has 2 fully saturated rings. The minimum atomic E-state index is -3.96. The fourth-order valence-electron chi connectivity index (χ4n) is 5.70. The molecule has 53 heavy (non-hydrogen) atoms. The first kappa shape index (κ1) is 40.8. The smallest absolute Gasteiger partial charge is 0.408 e. The summed E-state index contributed by atoms with van der Waals surface area (Å²) >= 11 is 0. The molecular formula is C37H49N5O10S. The van der Waals surface area contributed by atoms with Gasteiger partial charge in [0.25, 0.3) is 5.91 Å². The van der Waals surface area contributed by atoms with Crippen molar-refractivity contribution in [2.75, 3.05) is 13.7 Å². The molecule has 0 unspecified atom stereocenters. The largest absolute Gasteiger partial charge is 0.497 e. The van der Waals surface area contributed by atoms with Crippen LogP contribution < -0.4 is 24.8 Å². The molecule has 0 radical (unpaired) electrons. The Hall–Kier alpha value is -4.99. The van der Waals surface area contributed by atoms with E-state index in [1.807, 2.05) is 10.8 Å². The lowest BCUT2D eigenvalue weighted by molar-refractivity contribution is -0.141. The molecule has 2 aromatic rings. The zero-order valence-corrected chi connectivity index (χ0v) is 32.0. The number of carbonyl (C=O) groups excluding carboxylic acids is 5. The summed E-state index contributed by atoms with van der Waals surface area (Å²) in [4.78, 5) is 73.0. The molecule has 3 N–H and O–H groups in total. The second-order valence-electron chi connectivity index (χ2n) is 14.7. The number of amides is 4. The van der Waals surface area contributed by atoms with Crippen molar-refractivity contribution < 1.29 is 46.6 Å². The maximum Gasteiger partial charge on any atom is 0.408 e. The predicted octanol–water partition coefficient (Wildman–Crippen LogP) is 3.47. The van der Waals surface area contributed by atoms with Crippen LogP contribution in [0, 0.1) is 0 Å². The quantitative estimate of drug-likeness (QED) is 0.178. The third-order valence-corrected chi connectivity index (χ3v) is 10.5. The van der Waals surface area contributed by atoms with E-state index in [1.165, 1.54) is 25.0 Å². The molecule has 2 heterocycles. The Labute approximate surface area is 309 Å². The van der Waals surface area contributed by atoms with Crippen molar-refractivity contribution in [3.8, 4) is 11.6 Å². The maximum absolute atomic E-state index is 14.4. The van der Waals surface area contributed by atoms with E-state index in [0.717, 1.165) is 17.0 Å². The van der Waals surface area contributed by atoms with Crippen molar-refractivity contribution in [1.82, 2.24) is 25.2 Å². The van der Waals surface area contributed by atoms with Crippen LogP contribution in [0.2, 0.25) is 0 Å². The molecule has 0 bridgehead atoms. The first-order chi connectivity index (χ1) is 24.7. The Morgan fingerprint density at radius 2 is 1.79 bits per heavy atom. The van der Waals surface area contributed by atoms with E-state index in [9.17, 15) is 32.4 Å². The number of sulfonamides is 1. The maximum atomic E-state index is 14.4. The average Bonchev–Trinajstić information content (AvgIpc) is 3.86. The fraction of sp³-hybridized carbons (Fsp3) is 0.514. The number of nitrogens with zero attached hydrogens (tertiary/aromatic N) is 2. The van der Waals surface area contributed by atoms with Crippen LogP contribution in [-0.4, -0.2) is 96.1 Å². The van der Waals surface area contributed by atoms with Crippen LogP contribution >= 0.6 is 0 Å². The molecule has 1 aromatic heterocycles. The number of allylic oxidation sites excluding steroid dienone is 2. The zero-order valence-electron chi connectivity index (χ0n) is 31.2. The molecule has 4 atom stereocenters. The molecule has 1 saturated carbocycles. The Balaban J connectivity index is 1.67. The third-order valence-electron chi connectivity index (χ3n) is 8.64. The van der Waals surface area contributed by atoms with Crippen LogP contribution in [0.3, 0.4) is 0 Å². The van der Waals surface area contributed by atoms with Gasteiger partial charge in [-0.1, -0.05) is 17.7 Å². The highest BCUT2D eigenvalue weighted by molar-refractivity contribution is 7.91. The van der Waals surface area contributed by atoms with E-state index in [0.29, 0.717) is 24.0 Å². The molecule has 2 aliphatic rings. The number of ketones is 1. The summed E-state index contributed by atoms with van der Waals surface area (Å²) in [6, 6.07) is 4.57. The predicted molar refractivity (Wildman–Crippen MR) is 196 cm³/mol. The van der Waals surface area contributed by atoms with Gasteiger partial charge in [-0.25, -0.2) is 18.2 Å². The zero-order chi connectivity index (χ0) is 39.3. The topological polar surface area (TPSA) is 199 Å². The Morgan fingerprint density at radius 3 is 2.40 bits per heavy atom. The summed E-state index contributed by atoms with van der Waals surface area (Å²) in [5, 5.41) is 5.86. The third kappa shape index (κ3) is 10.8. The summed E-state index contributed by atoms with van der Waals surface area (Å²) < 4.78 is 44.3. The first-order valence-corrected chi connectivity index (χ1v) is 18.9. The van der Waals surface area contributed by atoms with Crippen molar-refractivity contribution in [2.45, 2.75) is 108 Å². The normalized spacial score (nSPS) is 18.9. The molecule has 0 spiro atoms. The van der Waals surface area contributed by atoms with Crippen LogP contribution in [-0.2, 0) is 33.9 Å². The minimum absolute atomic E-state index is 0.0787. The number of fused-ring (bicyclic) bond motifs is 1. The van der Waals surface area contributed by atoms with E-state index < -0.39 is 68.4 Å². The summed E-state index contributed by atoms with van der Waals surface area (Å²) in [6.45, 7) is 13.3. The number of carbonyl (C=O) groups is 5. The molecule has 1 aromatic carbocycles. The van der Waals surface area contributed by atoms with E-state index in [-0.39, 0.29) is 37.5 Å². The number of ether oxygens (including phenoxy) is 3. The van der Waals surface area contributed by atoms with Crippen LogP contribution in [0.4, 0.5) is 4.79 Å². The number of methoxy groups -OCH3 is 1. The lowest BCUT2D eigenvalue weighted by atomic mass is 10.0. The highest BCUT2D eigenvalue weighted by atomic mass is 32.2. The lowest BCUT2D eigenvalue weighted by Crippen LogP contribution is -2.61. The first-order valence-electron chi connectivity index (χ1n) is 17.3. The number of hydrogen-bond donors (Lipinski definition) is 3. The summed E-state index contributed by atoms with van der Waals surface area (Å²) in [5.74, 6) is -2.03. The van der Waals surface area contributed by atoms with Crippen molar-refractivity contribution in [3.63, 3.8) is 0 Å². The number of rotatable bonds is 15. The van der Waals surface area contributed by atoms with Crippen molar-refractivity contribution in [1.29, 1.82) is 0 Å². The molecule has 1 aliphatic carbocycles. The van der Waals surface area contributed by atoms with Crippen LogP contribution in [0.1, 0.15) is 73.6 Å². The van der Waals surface area contributed by atoms with Gasteiger partial charge in [-0.2, -0.15) is 0 Å². The van der Waals surface area contributed by atoms with Gasteiger partial charge in [-0.3, -0.25) is 23.9 Å². The van der Waals surface area contributed by atoms with Gasteiger partial charge in [-0.05, 0) is 90.5 Å². The molecule has 288 valence electrons. The van der Waals surface area contributed by atoms with E-state index in [2.05, 4.69) is 22.2 Å². The minimum Gasteiger partial charge on any atom is -0.497 e. The van der Waals surface area contributed by atoms with Gasteiger partial charge in [0.05, 0.1) is 18.9 Å². The number of alkyl carbamates (subject to hydrolysis) is 1. The van der Waals surface area contributed by atoms with Gasteiger partial charge in [-0.15, -0.1) is 6.58 Å². The van der Waals surface area contributed by atoms with Gasteiger partial charge in [0.15, 0.2) is 5.78 Å². The van der Waals surface area contributed by atoms with Crippen molar-refractivity contribution >= 4 is 50.4 Å². The molecule has 4 amide bonds. The molecule has 1 saturated heterocycles. The van der Waals surface area contributed by atoms with Gasteiger partial charge in [0.1, 0.15) is 35.1 Å². The van der Waals surface area contributed by atoms with Gasteiger partial charge in [0, 0.05) is 24.4 Å². The van der Waals surface area contributed by atoms with Gasteiger partial charge >= 0.3 is 6.09 Å². The average molecular weight is 756 g/mol.